The molecule has 0 spiro atoms. The van der Waals surface area contributed by atoms with E-state index < -0.39 is 5.97 Å². The van der Waals surface area contributed by atoms with Crippen LogP contribution in [0.25, 0.3) is 0 Å². The number of hydrogen-bond donors (Lipinski definition) is 1. The molecule has 0 saturated heterocycles. The Kier molecular flexibility index (Phi) is 5.48. The Balaban J connectivity index is 1.98. The number of nitrogens with zero attached hydrogens (tertiary/aromatic N) is 1. The summed E-state index contributed by atoms with van der Waals surface area (Å²) in [5, 5.41) is 11.8. The molecule has 0 bridgehead atoms. The van der Waals surface area contributed by atoms with Gasteiger partial charge in [0.2, 0.25) is 5.91 Å². The van der Waals surface area contributed by atoms with Crippen molar-refractivity contribution in [3.8, 4) is 6.07 Å². The molecule has 0 radical (unpaired) electrons. The summed E-state index contributed by atoms with van der Waals surface area (Å²) in [5.41, 5.74) is 2.33. The van der Waals surface area contributed by atoms with E-state index in [2.05, 4.69) is 16.1 Å². The predicted molar refractivity (Wildman–Crippen MR) is 85.9 cm³/mol. The number of methoxy groups -OCH3 is 1. The quantitative estimate of drug-likeness (QED) is 0.861. The van der Waals surface area contributed by atoms with Crippen molar-refractivity contribution in [2.24, 2.45) is 0 Å². The van der Waals surface area contributed by atoms with Crippen molar-refractivity contribution in [2.75, 3.05) is 12.4 Å². The lowest BCUT2D eigenvalue weighted by Crippen LogP contribution is -2.13. The topological polar surface area (TPSA) is 79.2 Å². The third-order valence-electron chi connectivity index (χ3n) is 3.33. The minimum Gasteiger partial charge on any atom is -0.465 e. The first kappa shape index (κ1) is 16.2. The first-order valence-electron chi connectivity index (χ1n) is 7.10. The average Bonchev–Trinajstić information content (AvgIpc) is 2.59. The van der Waals surface area contributed by atoms with Gasteiger partial charge in [0.25, 0.3) is 0 Å². The molecule has 2 rings (SSSR count). The zero-order valence-electron chi connectivity index (χ0n) is 12.7. The van der Waals surface area contributed by atoms with Crippen molar-refractivity contribution in [1.29, 1.82) is 5.26 Å². The van der Waals surface area contributed by atoms with Crippen LogP contribution < -0.4 is 5.32 Å². The van der Waals surface area contributed by atoms with Crippen molar-refractivity contribution in [1.82, 2.24) is 0 Å². The van der Waals surface area contributed by atoms with Crippen molar-refractivity contribution in [3.05, 3.63) is 65.2 Å². The number of carbonyl (C=O) groups is 2. The number of esters is 1. The van der Waals surface area contributed by atoms with Gasteiger partial charge in [-0.05, 0) is 36.2 Å². The van der Waals surface area contributed by atoms with Gasteiger partial charge in [0.05, 0.1) is 24.3 Å². The van der Waals surface area contributed by atoms with Crippen LogP contribution in [0.1, 0.15) is 27.9 Å². The number of nitriles is 1. The van der Waals surface area contributed by atoms with Crippen LogP contribution in [0, 0.1) is 11.3 Å². The van der Waals surface area contributed by atoms with E-state index in [1.165, 1.54) is 7.11 Å². The molecule has 0 atom stereocenters. The summed E-state index contributed by atoms with van der Waals surface area (Å²) in [4.78, 5) is 23.5. The second kappa shape index (κ2) is 7.76. The number of rotatable bonds is 5. The van der Waals surface area contributed by atoms with E-state index in [1.54, 1.807) is 36.4 Å². The maximum Gasteiger partial charge on any atom is 0.337 e. The molecule has 0 saturated carbocycles. The number of anilines is 1. The number of ether oxygens (including phenoxy) is 1. The molecule has 0 aliphatic heterocycles. The molecule has 23 heavy (non-hydrogen) atoms. The van der Waals surface area contributed by atoms with Gasteiger partial charge in [-0.2, -0.15) is 5.26 Å². The highest BCUT2D eigenvalue weighted by Crippen LogP contribution is 2.14. The third-order valence-corrected chi connectivity index (χ3v) is 3.33. The monoisotopic (exact) mass is 308 g/mol. The Morgan fingerprint density at radius 3 is 2.70 bits per heavy atom. The van der Waals surface area contributed by atoms with Crippen LogP contribution in [0.2, 0.25) is 0 Å². The van der Waals surface area contributed by atoms with Crippen LogP contribution in [0.15, 0.2) is 48.5 Å². The molecular formula is C18H16N2O3. The van der Waals surface area contributed by atoms with Gasteiger partial charge in [-0.15, -0.1) is 0 Å². The minimum atomic E-state index is -0.455. The van der Waals surface area contributed by atoms with Crippen LogP contribution in [0.3, 0.4) is 0 Å². The van der Waals surface area contributed by atoms with Gasteiger partial charge in [0, 0.05) is 12.1 Å². The molecule has 1 amide bonds. The fourth-order valence-electron chi connectivity index (χ4n) is 2.16. The highest BCUT2D eigenvalue weighted by Gasteiger charge is 2.09. The predicted octanol–water partition coefficient (Wildman–Crippen LogP) is 2.92. The molecule has 0 aromatic heterocycles. The molecule has 2 aromatic carbocycles. The van der Waals surface area contributed by atoms with Crippen LogP contribution in [0.4, 0.5) is 5.69 Å². The second-order valence-electron chi connectivity index (χ2n) is 4.89. The smallest absolute Gasteiger partial charge is 0.337 e. The molecule has 0 fully saturated rings. The Labute approximate surface area is 134 Å². The number of hydrogen-bond acceptors (Lipinski definition) is 4. The Bertz CT molecular complexity index is 763. The standard InChI is InChI=1S/C18H16N2O3/c1-23-18(22)14-7-4-8-16(11-14)20-17(21)10-9-13-5-2-3-6-15(13)12-19/h2-8,11H,9-10H2,1H3,(H,20,21). The molecule has 116 valence electrons. The maximum absolute atomic E-state index is 12.0. The Hall–Kier alpha value is -3.13. The fraction of sp³-hybridized carbons (Fsp3) is 0.167. The summed E-state index contributed by atoms with van der Waals surface area (Å²) >= 11 is 0. The molecular weight excluding hydrogens is 292 g/mol. The van der Waals surface area contributed by atoms with E-state index in [0.717, 1.165) is 5.56 Å². The van der Waals surface area contributed by atoms with Gasteiger partial charge in [0.15, 0.2) is 0 Å². The van der Waals surface area contributed by atoms with Gasteiger partial charge in [0.1, 0.15) is 0 Å². The first-order valence-corrected chi connectivity index (χ1v) is 7.10. The van der Waals surface area contributed by atoms with Crippen LogP contribution in [-0.4, -0.2) is 19.0 Å². The largest absolute Gasteiger partial charge is 0.465 e. The zero-order chi connectivity index (χ0) is 16.7. The van der Waals surface area contributed by atoms with E-state index in [4.69, 9.17) is 5.26 Å². The van der Waals surface area contributed by atoms with E-state index >= 15 is 0 Å². The summed E-state index contributed by atoms with van der Waals surface area (Å²) < 4.78 is 4.64. The SMILES string of the molecule is COC(=O)c1cccc(NC(=O)CCc2ccccc2C#N)c1. The van der Waals surface area contributed by atoms with Crippen molar-refractivity contribution >= 4 is 17.6 Å². The van der Waals surface area contributed by atoms with Gasteiger partial charge in [-0.3, -0.25) is 4.79 Å². The summed E-state index contributed by atoms with van der Waals surface area (Å²) in [6.07, 6.45) is 0.730. The lowest BCUT2D eigenvalue weighted by molar-refractivity contribution is -0.116. The molecule has 5 nitrogen and oxygen atoms in total. The van der Waals surface area contributed by atoms with Crippen LogP contribution in [0.5, 0.6) is 0 Å². The normalized spacial score (nSPS) is 9.74. The van der Waals surface area contributed by atoms with E-state index in [-0.39, 0.29) is 12.3 Å². The number of carbonyl (C=O) groups excluding carboxylic acids is 2. The molecule has 2 aromatic rings. The zero-order valence-corrected chi connectivity index (χ0v) is 12.7. The summed E-state index contributed by atoms with van der Waals surface area (Å²) in [6, 6.07) is 15.9. The van der Waals surface area contributed by atoms with E-state index in [9.17, 15) is 9.59 Å². The fourth-order valence-corrected chi connectivity index (χ4v) is 2.16. The van der Waals surface area contributed by atoms with E-state index in [0.29, 0.717) is 23.2 Å². The second-order valence-corrected chi connectivity index (χ2v) is 4.89. The first-order chi connectivity index (χ1) is 11.1. The molecule has 1 N–H and O–H groups in total. The summed E-state index contributed by atoms with van der Waals surface area (Å²) in [6.45, 7) is 0. The van der Waals surface area contributed by atoms with Crippen molar-refractivity contribution in [2.45, 2.75) is 12.8 Å². The maximum atomic E-state index is 12.0. The molecule has 0 aliphatic rings. The lowest BCUT2D eigenvalue weighted by Gasteiger charge is -2.07. The van der Waals surface area contributed by atoms with Gasteiger partial charge >= 0.3 is 5.97 Å². The highest BCUT2D eigenvalue weighted by atomic mass is 16.5. The summed E-state index contributed by atoms with van der Waals surface area (Å²) in [5.74, 6) is -0.635. The molecule has 0 aliphatic carbocycles. The van der Waals surface area contributed by atoms with Gasteiger partial charge in [-0.25, -0.2) is 4.79 Å². The lowest BCUT2D eigenvalue weighted by atomic mass is 10.0. The minimum absolute atomic E-state index is 0.181. The van der Waals surface area contributed by atoms with Crippen molar-refractivity contribution in [3.63, 3.8) is 0 Å². The van der Waals surface area contributed by atoms with Crippen LogP contribution >= 0.6 is 0 Å². The highest BCUT2D eigenvalue weighted by molar-refractivity contribution is 5.94. The third kappa shape index (κ3) is 4.42. The molecule has 0 heterocycles. The number of amides is 1. The van der Waals surface area contributed by atoms with Crippen LogP contribution in [-0.2, 0) is 16.0 Å². The number of nitrogens with one attached hydrogen (secondary N) is 1. The van der Waals surface area contributed by atoms with Crippen molar-refractivity contribution < 1.29 is 14.3 Å². The number of benzene rings is 2. The van der Waals surface area contributed by atoms with Gasteiger partial charge in [-0.1, -0.05) is 24.3 Å². The molecule has 0 unspecified atom stereocenters. The Morgan fingerprint density at radius 2 is 1.96 bits per heavy atom. The summed E-state index contributed by atoms with van der Waals surface area (Å²) in [7, 11) is 1.31. The Morgan fingerprint density at radius 1 is 1.17 bits per heavy atom. The van der Waals surface area contributed by atoms with Gasteiger partial charge < -0.3 is 10.1 Å². The number of aryl methyl sites for hydroxylation is 1. The van der Waals surface area contributed by atoms with E-state index in [1.807, 2.05) is 12.1 Å². The average molecular weight is 308 g/mol. The molecule has 5 heteroatoms.